The molecule has 0 bridgehead atoms. The second-order valence-electron chi connectivity index (χ2n) is 3.19. The van der Waals surface area contributed by atoms with Gasteiger partial charge in [-0.1, -0.05) is 0 Å². The van der Waals surface area contributed by atoms with Crippen molar-refractivity contribution in [1.82, 2.24) is 9.55 Å². The minimum Gasteiger partial charge on any atom is -0.384 e. The van der Waals surface area contributed by atoms with Crippen molar-refractivity contribution in [2.24, 2.45) is 5.73 Å². The second kappa shape index (κ2) is 3.52. The Morgan fingerprint density at radius 1 is 1.56 bits per heavy atom. The lowest BCUT2D eigenvalue weighted by Crippen LogP contribution is -2.12. The third kappa shape index (κ3) is 1.43. The molecule has 0 aliphatic heterocycles. The van der Waals surface area contributed by atoms with E-state index in [0.717, 1.165) is 10.8 Å². The third-order valence-electron chi connectivity index (χ3n) is 2.21. The zero-order valence-electron chi connectivity index (χ0n) is 8.15. The Hall–Kier alpha value is -2.59. The summed E-state index contributed by atoms with van der Waals surface area (Å²) in [5, 5.41) is 7.28. The van der Waals surface area contributed by atoms with E-state index in [2.05, 4.69) is 4.98 Å². The number of nitrogen functional groups attached to an aromatic ring is 1. The molecule has 1 heterocycles. The molecular weight excluding hydrogens is 208 g/mol. The number of rotatable bonds is 2. The summed E-state index contributed by atoms with van der Waals surface area (Å²) >= 11 is 0. The van der Waals surface area contributed by atoms with Crippen LogP contribution in [-0.4, -0.2) is 21.3 Å². The normalized spacial score (nSPS) is 10.0. The molecule has 1 aromatic heterocycles. The fourth-order valence-electron chi connectivity index (χ4n) is 1.47. The molecular formula is C10H8N4O2. The molecule has 0 fully saturated rings. The topological polar surface area (TPSA) is 105 Å². The average Bonchev–Trinajstić information content (AvgIpc) is 2.55. The Balaban J connectivity index is 2.84. The van der Waals surface area contributed by atoms with Crippen molar-refractivity contribution in [3.63, 3.8) is 0 Å². The van der Waals surface area contributed by atoms with Crippen molar-refractivity contribution in [1.29, 1.82) is 5.41 Å². The predicted octanol–water partition coefficient (Wildman–Crippen LogP) is -0.0840. The van der Waals surface area contributed by atoms with Gasteiger partial charge in [-0.15, -0.1) is 0 Å². The summed E-state index contributed by atoms with van der Waals surface area (Å²) in [6, 6.07) is 4.81. The lowest BCUT2D eigenvalue weighted by atomic mass is 10.2. The van der Waals surface area contributed by atoms with E-state index in [1.165, 1.54) is 5.94 Å². The number of imidazole rings is 1. The Labute approximate surface area is 89.5 Å². The van der Waals surface area contributed by atoms with Crippen LogP contribution in [0.5, 0.6) is 0 Å². The number of hydrogen-bond donors (Lipinski definition) is 3. The zero-order chi connectivity index (χ0) is 11.7. The molecule has 0 atom stereocenters. The van der Waals surface area contributed by atoms with Gasteiger partial charge >= 0.3 is 5.69 Å². The highest BCUT2D eigenvalue weighted by Gasteiger charge is 2.06. The molecule has 0 radical (unpaired) electrons. The van der Waals surface area contributed by atoms with Crippen molar-refractivity contribution in [3.8, 4) is 0 Å². The first-order chi connectivity index (χ1) is 7.63. The van der Waals surface area contributed by atoms with Gasteiger partial charge in [0, 0.05) is 5.56 Å². The summed E-state index contributed by atoms with van der Waals surface area (Å²) in [6.07, 6.45) is 0.991. The number of H-pyrrole nitrogens is 1. The number of nitrogens with one attached hydrogen (secondary N) is 2. The SMILES string of the molecule is N=C(N)c1ccc2[nH]c(=O)n(C=C=O)c2c1. The van der Waals surface area contributed by atoms with Gasteiger partial charge in [-0.25, -0.2) is 9.59 Å². The first kappa shape index (κ1) is 9.95. The smallest absolute Gasteiger partial charge is 0.331 e. The van der Waals surface area contributed by atoms with Crippen LogP contribution in [0.25, 0.3) is 17.2 Å². The van der Waals surface area contributed by atoms with Gasteiger partial charge < -0.3 is 10.7 Å². The van der Waals surface area contributed by atoms with Gasteiger partial charge in [-0.05, 0) is 18.2 Å². The number of nitrogens with two attached hydrogens (primary N) is 1. The molecule has 0 unspecified atom stereocenters. The molecule has 4 N–H and O–H groups in total. The second-order valence-corrected chi connectivity index (χ2v) is 3.19. The van der Waals surface area contributed by atoms with Crippen LogP contribution in [-0.2, 0) is 4.79 Å². The number of aromatic amines is 1. The van der Waals surface area contributed by atoms with E-state index in [1.807, 2.05) is 0 Å². The Morgan fingerprint density at radius 2 is 2.31 bits per heavy atom. The molecule has 0 aliphatic carbocycles. The largest absolute Gasteiger partial charge is 0.384 e. The van der Waals surface area contributed by atoms with E-state index < -0.39 is 5.69 Å². The molecule has 6 heteroatoms. The standard InChI is InChI=1S/C10H8N4O2/c11-9(12)6-1-2-7-8(5-6)14(3-4-15)10(16)13-7/h1-3,5H,(H3,11,12)(H,13,16). The van der Waals surface area contributed by atoms with Crippen LogP contribution in [0.2, 0.25) is 0 Å². The molecule has 0 amide bonds. The van der Waals surface area contributed by atoms with E-state index in [-0.39, 0.29) is 5.84 Å². The van der Waals surface area contributed by atoms with Crippen molar-refractivity contribution in [2.75, 3.05) is 0 Å². The molecule has 0 spiro atoms. The molecule has 2 aromatic rings. The van der Waals surface area contributed by atoms with Crippen LogP contribution in [0.3, 0.4) is 0 Å². The third-order valence-corrected chi connectivity index (χ3v) is 2.21. The Kier molecular flexibility index (Phi) is 2.19. The van der Waals surface area contributed by atoms with Crippen LogP contribution in [0.15, 0.2) is 23.0 Å². The molecule has 0 saturated heterocycles. The zero-order valence-corrected chi connectivity index (χ0v) is 8.15. The van der Waals surface area contributed by atoms with Crippen molar-refractivity contribution in [2.45, 2.75) is 0 Å². The number of fused-ring (bicyclic) bond motifs is 1. The monoisotopic (exact) mass is 216 g/mol. The fraction of sp³-hybridized carbons (Fsp3) is 0. The Bertz CT molecular complexity index is 674. The van der Waals surface area contributed by atoms with Crippen molar-refractivity contribution < 1.29 is 4.79 Å². The molecule has 2 rings (SSSR count). The number of nitrogens with zero attached hydrogens (tertiary/aromatic N) is 1. The Morgan fingerprint density at radius 3 is 2.94 bits per heavy atom. The van der Waals surface area contributed by atoms with Crippen molar-refractivity contribution >= 4 is 29.0 Å². The molecule has 1 aromatic carbocycles. The van der Waals surface area contributed by atoms with E-state index in [9.17, 15) is 9.59 Å². The minimum absolute atomic E-state index is 0.0998. The first-order valence-corrected chi connectivity index (χ1v) is 4.43. The number of amidine groups is 1. The minimum atomic E-state index is -0.431. The fourth-order valence-corrected chi connectivity index (χ4v) is 1.47. The molecule has 6 nitrogen and oxygen atoms in total. The first-order valence-electron chi connectivity index (χ1n) is 4.43. The molecule has 80 valence electrons. The molecule has 0 saturated carbocycles. The summed E-state index contributed by atoms with van der Waals surface area (Å²) in [4.78, 5) is 24.3. The van der Waals surface area contributed by atoms with Crippen LogP contribution < -0.4 is 11.4 Å². The van der Waals surface area contributed by atoms with Crippen LogP contribution in [0, 0.1) is 5.41 Å². The van der Waals surface area contributed by atoms with Gasteiger partial charge in [-0.2, -0.15) is 0 Å². The van der Waals surface area contributed by atoms with Gasteiger partial charge in [0.15, 0.2) is 0 Å². The molecule has 0 aliphatic rings. The highest BCUT2D eigenvalue weighted by Crippen LogP contribution is 2.12. The van der Waals surface area contributed by atoms with E-state index in [4.69, 9.17) is 11.1 Å². The van der Waals surface area contributed by atoms with Gasteiger partial charge in [0.05, 0.1) is 17.2 Å². The summed E-state index contributed by atoms with van der Waals surface area (Å²) in [6.45, 7) is 0. The summed E-state index contributed by atoms with van der Waals surface area (Å²) in [5.41, 5.74) is 6.45. The van der Waals surface area contributed by atoms with E-state index in [0.29, 0.717) is 16.6 Å². The highest BCUT2D eigenvalue weighted by atomic mass is 16.1. The van der Waals surface area contributed by atoms with E-state index in [1.54, 1.807) is 18.2 Å². The lowest BCUT2D eigenvalue weighted by Gasteiger charge is -1.98. The molecule has 16 heavy (non-hydrogen) atoms. The van der Waals surface area contributed by atoms with Crippen molar-refractivity contribution in [3.05, 3.63) is 34.2 Å². The van der Waals surface area contributed by atoms with Crippen LogP contribution in [0.1, 0.15) is 5.56 Å². The maximum atomic E-state index is 11.4. The highest BCUT2D eigenvalue weighted by molar-refractivity contribution is 5.98. The predicted molar refractivity (Wildman–Crippen MR) is 60.0 cm³/mol. The summed E-state index contributed by atoms with van der Waals surface area (Å²) < 4.78 is 1.12. The number of carbonyl (C=O) groups excluding carboxylic acids is 1. The summed E-state index contributed by atoms with van der Waals surface area (Å²) in [7, 11) is 0. The quantitative estimate of drug-likeness (QED) is 0.371. The van der Waals surface area contributed by atoms with Gasteiger partial charge in [0.1, 0.15) is 11.8 Å². The van der Waals surface area contributed by atoms with Crippen LogP contribution in [0.4, 0.5) is 0 Å². The van der Waals surface area contributed by atoms with Crippen LogP contribution >= 0.6 is 0 Å². The lowest BCUT2D eigenvalue weighted by molar-refractivity contribution is 0.569. The number of aromatic nitrogens is 2. The van der Waals surface area contributed by atoms with Gasteiger partial charge in [0.2, 0.25) is 0 Å². The summed E-state index contributed by atoms with van der Waals surface area (Å²) in [5.74, 6) is 1.43. The maximum Gasteiger partial charge on any atom is 0.331 e. The van der Waals surface area contributed by atoms with E-state index >= 15 is 0 Å². The number of hydrogen-bond acceptors (Lipinski definition) is 3. The van der Waals surface area contributed by atoms with Gasteiger partial charge in [-0.3, -0.25) is 9.98 Å². The maximum absolute atomic E-state index is 11.4. The average molecular weight is 216 g/mol. The van der Waals surface area contributed by atoms with Gasteiger partial charge in [0.25, 0.3) is 0 Å². The number of benzene rings is 1.